The van der Waals surface area contributed by atoms with Crippen LogP contribution in [0.3, 0.4) is 0 Å². The van der Waals surface area contributed by atoms with Gasteiger partial charge in [0.2, 0.25) is 0 Å². The van der Waals surface area contributed by atoms with Gasteiger partial charge in [-0.25, -0.2) is 0 Å². The summed E-state index contributed by atoms with van der Waals surface area (Å²) >= 11 is 0. The van der Waals surface area contributed by atoms with E-state index in [0.29, 0.717) is 51.6 Å². The summed E-state index contributed by atoms with van der Waals surface area (Å²) in [6.45, 7) is -0.380. The molecule has 0 saturated heterocycles. The van der Waals surface area contributed by atoms with Crippen LogP contribution in [0, 0.1) is 19.1 Å². The lowest BCUT2D eigenvalue weighted by molar-refractivity contribution is 0.224. The SMILES string of the molecule is [2H]C([2H])([2H])c1cnc(-c2ccc(C([2H])([2H])[2H])c3c2oc2ccccc23)cc1C1([2H])CCC(C)(C)CC1. The topological polar surface area (TPSA) is 26.0 Å². The smallest absolute Gasteiger partial charge is 0.145 e. The number of furan rings is 1. The molecule has 5 rings (SSSR count). The molecule has 0 bridgehead atoms. The Bertz CT molecular complexity index is 1450. The van der Waals surface area contributed by atoms with E-state index < -0.39 is 19.6 Å². The Labute approximate surface area is 182 Å². The van der Waals surface area contributed by atoms with E-state index in [2.05, 4.69) is 18.8 Å². The zero-order valence-corrected chi connectivity index (χ0v) is 16.8. The summed E-state index contributed by atoms with van der Waals surface area (Å²) < 4.78 is 63.9. The Morgan fingerprint density at radius 2 is 1.86 bits per heavy atom. The van der Waals surface area contributed by atoms with Gasteiger partial charge in [-0.15, -0.1) is 0 Å². The Kier molecular flexibility index (Phi) is 2.82. The summed E-state index contributed by atoms with van der Waals surface area (Å²) in [6, 6.07) is 12.3. The molecule has 1 aliphatic carbocycles. The van der Waals surface area contributed by atoms with Gasteiger partial charge in [0.05, 0.1) is 5.69 Å². The minimum atomic E-state index is -2.40. The lowest BCUT2D eigenvalue weighted by Crippen LogP contribution is -2.20. The molecule has 0 radical (unpaired) electrons. The molecule has 0 spiro atoms. The minimum absolute atomic E-state index is 0.0981. The molecule has 2 nitrogen and oxygen atoms in total. The van der Waals surface area contributed by atoms with Gasteiger partial charge in [-0.3, -0.25) is 4.98 Å². The summed E-state index contributed by atoms with van der Waals surface area (Å²) in [7, 11) is 0. The van der Waals surface area contributed by atoms with Crippen molar-refractivity contribution in [1.82, 2.24) is 4.98 Å². The number of benzene rings is 2. The zero-order chi connectivity index (χ0) is 26.1. The fraction of sp³-hybridized carbons (Fsp3) is 0.370. The minimum Gasteiger partial charge on any atom is -0.455 e. The monoisotopic (exact) mass is 390 g/mol. The average molecular weight is 391 g/mol. The number of para-hydroxylation sites is 1. The van der Waals surface area contributed by atoms with Gasteiger partial charge in [-0.2, -0.15) is 0 Å². The number of aryl methyl sites for hydroxylation is 2. The predicted octanol–water partition coefficient (Wildman–Crippen LogP) is 7.95. The van der Waals surface area contributed by atoms with Crippen molar-refractivity contribution in [2.75, 3.05) is 0 Å². The highest BCUT2D eigenvalue weighted by Crippen LogP contribution is 2.44. The summed E-state index contributed by atoms with van der Waals surface area (Å²) in [4.78, 5) is 4.50. The van der Waals surface area contributed by atoms with E-state index >= 15 is 0 Å². The van der Waals surface area contributed by atoms with Crippen molar-refractivity contribution in [3.05, 3.63) is 65.4 Å². The van der Waals surface area contributed by atoms with Crippen LogP contribution in [-0.4, -0.2) is 4.98 Å². The van der Waals surface area contributed by atoms with Crippen LogP contribution in [0.1, 0.15) is 71.7 Å². The highest BCUT2D eigenvalue weighted by molar-refractivity contribution is 6.10. The number of hydrogen-bond acceptors (Lipinski definition) is 2. The van der Waals surface area contributed by atoms with Crippen molar-refractivity contribution in [2.24, 2.45) is 5.41 Å². The Morgan fingerprint density at radius 3 is 2.66 bits per heavy atom. The molecule has 1 saturated carbocycles. The van der Waals surface area contributed by atoms with Crippen molar-refractivity contribution in [3.63, 3.8) is 0 Å². The van der Waals surface area contributed by atoms with Crippen LogP contribution in [0.2, 0.25) is 0 Å². The summed E-state index contributed by atoms with van der Waals surface area (Å²) in [5, 5.41) is 1.21. The molecule has 2 aromatic carbocycles. The van der Waals surface area contributed by atoms with Gasteiger partial charge in [-0.1, -0.05) is 38.1 Å². The molecule has 4 aromatic rings. The first-order valence-corrected chi connectivity index (χ1v) is 10.2. The molecular formula is C27H29NO. The van der Waals surface area contributed by atoms with E-state index in [1.54, 1.807) is 24.3 Å². The maximum atomic E-state index is 9.31. The molecule has 2 aromatic heterocycles. The van der Waals surface area contributed by atoms with Crippen molar-refractivity contribution in [2.45, 2.75) is 59.1 Å². The van der Waals surface area contributed by atoms with E-state index in [1.807, 2.05) is 18.2 Å². The molecule has 29 heavy (non-hydrogen) atoms. The Balaban J connectivity index is 1.75. The van der Waals surface area contributed by atoms with E-state index in [4.69, 9.17) is 12.6 Å². The van der Waals surface area contributed by atoms with Crippen LogP contribution >= 0.6 is 0 Å². The highest BCUT2D eigenvalue weighted by atomic mass is 16.3. The molecule has 0 unspecified atom stereocenters. The van der Waals surface area contributed by atoms with Crippen LogP contribution in [0.15, 0.2) is 53.1 Å². The molecule has 0 amide bonds. The van der Waals surface area contributed by atoms with Crippen LogP contribution in [-0.2, 0) is 0 Å². The van der Waals surface area contributed by atoms with Crippen molar-refractivity contribution >= 4 is 21.9 Å². The van der Waals surface area contributed by atoms with E-state index in [0.717, 1.165) is 12.8 Å². The molecule has 2 heterocycles. The van der Waals surface area contributed by atoms with E-state index in [-0.39, 0.29) is 16.5 Å². The van der Waals surface area contributed by atoms with E-state index in [9.17, 15) is 1.37 Å². The first-order chi connectivity index (χ1) is 16.7. The lowest BCUT2D eigenvalue weighted by atomic mass is 9.71. The number of aromatic nitrogens is 1. The van der Waals surface area contributed by atoms with Crippen LogP contribution in [0.5, 0.6) is 0 Å². The fourth-order valence-electron chi connectivity index (χ4n) is 4.42. The van der Waals surface area contributed by atoms with Gasteiger partial charge in [-0.05, 0) is 85.6 Å². The standard InChI is InChI=1S/C27H29NO/c1-17-9-10-20(26-25(17)21-7-5-6-8-24(21)29-26)23-15-22(18(2)16-28-23)19-11-13-27(3,4)14-12-19/h5-10,15-16,19H,11-14H2,1-4H3/i1D3,2D3,19D. The second-order valence-corrected chi connectivity index (χ2v) is 8.85. The van der Waals surface area contributed by atoms with Crippen LogP contribution in [0.4, 0.5) is 0 Å². The van der Waals surface area contributed by atoms with Gasteiger partial charge < -0.3 is 4.42 Å². The van der Waals surface area contributed by atoms with Crippen molar-refractivity contribution in [3.8, 4) is 11.3 Å². The molecule has 0 aliphatic heterocycles. The van der Waals surface area contributed by atoms with Gasteiger partial charge in [0.15, 0.2) is 0 Å². The summed E-state index contributed by atoms with van der Waals surface area (Å²) in [5.41, 5.74) is 2.88. The highest BCUT2D eigenvalue weighted by Gasteiger charge is 2.28. The fourth-order valence-corrected chi connectivity index (χ4v) is 4.42. The van der Waals surface area contributed by atoms with Gasteiger partial charge in [0.1, 0.15) is 11.2 Å². The maximum absolute atomic E-state index is 9.31. The number of nitrogens with zero attached hydrogens (tertiary/aromatic N) is 1. The molecule has 2 heteroatoms. The third-order valence-electron chi connectivity index (χ3n) is 6.29. The quantitative estimate of drug-likeness (QED) is 0.347. The van der Waals surface area contributed by atoms with Crippen molar-refractivity contribution in [1.29, 1.82) is 0 Å². The molecule has 0 atom stereocenters. The molecule has 148 valence electrons. The second-order valence-electron chi connectivity index (χ2n) is 8.85. The predicted molar refractivity (Wildman–Crippen MR) is 121 cm³/mol. The van der Waals surface area contributed by atoms with Crippen LogP contribution in [0.25, 0.3) is 33.2 Å². The molecular weight excluding hydrogens is 354 g/mol. The van der Waals surface area contributed by atoms with Gasteiger partial charge >= 0.3 is 0 Å². The average Bonchev–Trinajstić information content (AvgIpc) is 3.18. The normalized spacial score (nSPS) is 22.8. The number of pyridine rings is 1. The lowest BCUT2D eigenvalue weighted by Gasteiger charge is -2.35. The van der Waals surface area contributed by atoms with Crippen molar-refractivity contribution < 1.29 is 14.0 Å². The Hall–Kier alpha value is -2.61. The Morgan fingerprint density at radius 1 is 1.07 bits per heavy atom. The second kappa shape index (κ2) is 6.73. The molecule has 1 aliphatic rings. The van der Waals surface area contributed by atoms with Gasteiger partial charge in [0, 0.05) is 32.1 Å². The third kappa shape index (κ3) is 3.15. The number of rotatable bonds is 2. The molecule has 0 N–H and O–H groups in total. The number of hydrogen-bond donors (Lipinski definition) is 0. The first kappa shape index (κ1) is 12.2. The first-order valence-electron chi connectivity index (χ1n) is 13.7. The van der Waals surface area contributed by atoms with Crippen LogP contribution < -0.4 is 0 Å². The maximum Gasteiger partial charge on any atom is 0.145 e. The largest absolute Gasteiger partial charge is 0.455 e. The van der Waals surface area contributed by atoms with E-state index in [1.165, 1.54) is 6.20 Å². The summed E-state index contributed by atoms with van der Waals surface area (Å²) in [5.74, 6) is -1.04. The summed E-state index contributed by atoms with van der Waals surface area (Å²) in [6.07, 6.45) is 4.14. The number of fused-ring (bicyclic) bond motifs is 3. The molecule has 1 fully saturated rings. The third-order valence-corrected chi connectivity index (χ3v) is 6.29. The van der Waals surface area contributed by atoms with Gasteiger partial charge in [0.25, 0.3) is 0 Å². The zero-order valence-electron chi connectivity index (χ0n) is 23.8.